The quantitative estimate of drug-likeness (QED) is 0.583. The molecule has 0 bridgehead atoms. The van der Waals surface area contributed by atoms with Crippen LogP contribution in [0.2, 0.25) is 0 Å². The van der Waals surface area contributed by atoms with E-state index in [9.17, 15) is 3.44 Å². The van der Waals surface area contributed by atoms with Crippen molar-refractivity contribution >= 4 is 20.2 Å². The summed E-state index contributed by atoms with van der Waals surface area (Å²) in [6, 6.07) is 9.83. The summed E-state index contributed by atoms with van der Waals surface area (Å²) in [5, 5.41) is 0. The Morgan fingerprint density at radius 1 is 1.22 bits per heavy atom. The molecule has 0 fully saturated rings. The van der Waals surface area contributed by atoms with Crippen molar-refractivity contribution in [2.75, 3.05) is 4.93 Å². The van der Waals surface area contributed by atoms with E-state index in [2.05, 4.69) is 0 Å². The van der Waals surface area contributed by atoms with Crippen LogP contribution in [0.5, 0.6) is 0 Å². The number of alkyl halides is 1. The van der Waals surface area contributed by atoms with Gasteiger partial charge in [0.1, 0.15) is 0 Å². The van der Waals surface area contributed by atoms with Gasteiger partial charge in [-0.15, -0.1) is 0 Å². The van der Waals surface area contributed by atoms with Gasteiger partial charge < -0.3 is 0 Å². The van der Waals surface area contributed by atoms with Gasteiger partial charge >= 0.3 is 62.5 Å². The van der Waals surface area contributed by atoms with Crippen LogP contribution in [-0.4, -0.2) is 8.37 Å². The number of rotatable bonds is 1. The number of hydrogen-bond donors (Lipinski definition) is 1. The molecule has 0 aromatic heterocycles. The molecule has 0 unspecified atom stereocenters. The molecule has 0 radical (unpaired) electrons. The second kappa shape index (κ2) is 3.17. The second-order valence-electron chi connectivity index (χ2n) is 1.74. The van der Waals surface area contributed by atoms with Crippen molar-refractivity contribution in [3.8, 4) is 0 Å². The number of hydrogen-bond acceptors (Lipinski definition) is 1. The number of halogens is 1. The SMILES string of the molecule is CI(O)c1ccccc1. The monoisotopic (exact) mass is 236 g/mol. The Bertz CT molecular complexity index is 172. The molecule has 0 aliphatic rings. The summed E-state index contributed by atoms with van der Waals surface area (Å²) in [4.78, 5) is 1.92. The zero-order valence-electron chi connectivity index (χ0n) is 5.21. The van der Waals surface area contributed by atoms with Crippen LogP contribution in [0, 0.1) is 3.57 Å². The Hall–Kier alpha value is -0.0900. The fourth-order valence-corrected chi connectivity index (χ4v) is 2.05. The zero-order valence-corrected chi connectivity index (χ0v) is 7.37. The Balaban J connectivity index is 2.85. The first-order valence-corrected chi connectivity index (χ1v) is 6.85. The molecule has 0 aliphatic heterocycles. The molecule has 0 heterocycles. The van der Waals surface area contributed by atoms with Gasteiger partial charge in [0.2, 0.25) is 0 Å². The molecule has 1 nitrogen and oxygen atoms in total. The van der Waals surface area contributed by atoms with E-state index in [1.54, 1.807) is 0 Å². The van der Waals surface area contributed by atoms with Crippen LogP contribution in [0.15, 0.2) is 30.3 Å². The summed E-state index contributed by atoms with van der Waals surface area (Å²) in [5.41, 5.74) is 0. The summed E-state index contributed by atoms with van der Waals surface area (Å²) < 4.78 is 10.3. The van der Waals surface area contributed by atoms with Crippen molar-refractivity contribution in [3.05, 3.63) is 33.9 Å². The topological polar surface area (TPSA) is 20.2 Å². The predicted molar refractivity (Wildman–Crippen MR) is 47.3 cm³/mol. The average Bonchev–Trinajstić information content (AvgIpc) is 1.90. The van der Waals surface area contributed by atoms with E-state index in [4.69, 9.17) is 0 Å². The van der Waals surface area contributed by atoms with Crippen molar-refractivity contribution in [3.63, 3.8) is 0 Å². The summed E-state index contributed by atoms with van der Waals surface area (Å²) in [6.07, 6.45) is 0. The molecule has 0 spiro atoms. The summed E-state index contributed by atoms with van der Waals surface area (Å²) >= 11 is -1.68. The normalized spacial score (nSPS) is 11.1. The molecule has 1 aromatic carbocycles. The molecule has 2 heteroatoms. The van der Waals surface area contributed by atoms with Gasteiger partial charge in [-0.25, -0.2) is 0 Å². The van der Waals surface area contributed by atoms with Gasteiger partial charge in [0.25, 0.3) is 0 Å². The fraction of sp³-hybridized carbons (Fsp3) is 0.143. The molecule has 0 atom stereocenters. The molecule has 0 saturated carbocycles. The predicted octanol–water partition coefficient (Wildman–Crippen LogP) is 1.90. The molecule has 0 amide bonds. The van der Waals surface area contributed by atoms with Crippen LogP contribution in [0.1, 0.15) is 0 Å². The number of benzene rings is 1. The van der Waals surface area contributed by atoms with Crippen molar-refractivity contribution < 1.29 is 3.44 Å². The van der Waals surface area contributed by atoms with Gasteiger partial charge in [-0.2, -0.15) is 0 Å². The molecule has 1 rings (SSSR count). The van der Waals surface area contributed by atoms with Crippen molar-refractivity contribution in [2.45, 2.75) is 0 Å². The van der Waals surface area contributed by atoms with Gasteiger partial charge in [-0.3, -0.25) is 0 Å². The zero-order chi connectivity index (χ0) is 6.69. The molecule has 0 saturated heterocycles. The van der Waals surface area contributed by atoms with Crippen LogP contribution < -0.4 is 0 Å². The molecular weight excluding hydrogens is 227 g/mol. The maximum absolute atomic E-state index is 9.18. The third-order valence-electron chi connectivity index (χ3n) is 1.05. The van der Waals surface area contributed by atoms with E-state index in [1.807, 2.05) is 35.3 Å². The third-order valence-corrected chi connectivity index (χ3v) is 3.57. The van der Waals surface area contributed by atoms with Gasteiger partial charge in [-0.05, 0) is 0 Å². The third kappa shape index (κ3) is 1.95. The standard InChI is InChI=1S/C7H9IO/c1-8(9)7-5-3-2-4-6-7/h2-6,9H,1H3. The molecule has 0 aliphatic carbocycles. The van der Waals surface area contributed by atoms with E-state index < -0.39 is 20.2 Å². The van der Waals surface area contributed by atoms with Crippen molar-refractivity contribution in [1.29, 1.82) is 0 Å². The summed E-state index contributed by atoms with van der Waals surface area (Å²) in [6.45, 7) is 0. The molecule has 1 aromatic rings. The van der Waals surface area contributed by atoms with Gasteiger partial charge in [0.05, 0.1) is 0 Å². The minimum absolute atomic E-state index is 1.13. The Kier molecular flexibility index (Phi) is 2.48. The van der Waals surface area contributed by atoms with E-state index in [0.717, 1.165) is 3.57 Å². The second-order valence-corrected chi connectivity index (χ2v) is 5.51. The van der Waals surface area contributed by atoms with Crippen LogP contribution in [0.4, 0.5) is 0 Å². The molecule has 1 N–H and O–H groups in total. The Morgan fingerprint density at radius 2 is 1.78 bits per heavy atom. The molecule has 50 valence electrons. The maximum atomic E-state index is 9.18. The Morgan fingerprint density at radius 3 is 2.11 bits per heavy atom. The van der Waals surface area contributed by atoms with Crippen LogP contribution >= 0.6 is 20.2 Å². The summed E-state index contributed by atoms with van der Waals surface area (Å²) in [7, 11) is 0. The van der Waals surface area contributed by atoms with Crippen molar-refractivity contribution in [1.82, 2.24) is 0 Å². The average molecular weight is 236 g/mol. The van der Waals surface area contributed by atoms with Gasteiger partial charge in [0, 0.05) is 0 Å². The Labute approximate surface area is 62.7 Å². The molecular formula is C7H9IO. The van der Waals surface area contributed by atoms with E-state index in [1.165, 1.54) is 0 Å². The fourth-order valence-electron chi connectivity index (χ4n) is 0.597. The van der Waals surface area contributed by atoms with Crippen LogP contribution in [0.25, 0.3) is 0 Å². The van der Waals surface area contributed by atoms with E-state index in [0.29, 0.717) is 0 Å². The van der Waals surface area contributed by atoms with Gasteiger partial charge in [0.15, 0.2) is 0 Å². The summed E-state index contributed by atoms with van der Waals surface area (Å²) in [5.74, 6) is 0. The minimum atomic E-state index is -1.68. The van der Waals surface area contributed by atoms with E-state index in [-0.39, 0.29) is 0 Å². The first-order chi connectivity index (χ1) is 4.30. The molecule has 9 heavy (non-hydrogen) atoms. The van der Waals surface area contributed by atoms with Crippen molar-refractivity contribution in [2.24, 2.45) is 0 Å². The van der Waals surface area contributed by atoms with Gasteiger partial charge in [-0.1, -0.05) is 0 Å². The van der Waals surface area contributed by atoms with Crippen LogP contribution in [0.3, 0.4) is 0 Å². The van der Waals surface area contributed by atoms with E-state index >= 15 is 0 Å². The first kappa shape index (κ1) is 7.02. The first-order valence-electron chi connectivity index (χ1n) is 2.65. The van der Waals surface area contributed by atoms with Crippen LogP contribution in [-0.2, 0) is 0 Å².